The lowest BCUT2D eigenvalue weighted by Gasteiger charge is -2.02. The van der Waals surface area contributed by atoms with E-state index in [9.17, 15) is 4.79 Å². The summed E-state index contributed by atoms with van der Waals surface area (Å²) in [6.45, 7) is 3.50. The van der Waals surface area contributed by atoms with Crippen molar-refractivity contribution in [3.05, 3.63) is 0 Å². The third-order valence-corrected chi connectivity index (χ3v) is 3.38. The summed E-state index contributed by atoms with van der Waals surface area (Å²) in [5.74, 6) is 1.55. The van der Waals surface area contributed by atoms with E-state index in [2.05, 4.69) is 4.90 Å². The molecule has 4 bridgehead atoms. The lowest BCUT2D eigenvalue weighted by Crippen LogP contribution is -2.14. The fraction of sp³-hybridized carbons (Fsp3) is 0.857. The number of nitrogens with zero attached hydrogens (tertiary/aromatic N) is 1. The molecule has 0 aromatic heterocycles. The van der Waals surface area contributed by atoms with Crippen molar-refractivity contribution in [2.45, 2.75) is 0 Å². The van der Waals surface area contributed by atoms with Gasteiger partial charge in [-0.1, -0.05) is 0 Å². The van der Waals surface area contributed by atoms with E-state index in [4.69, 9.17) is 0 Å². The van der Waals surface area contributed by atoms with Crippen LogP contribution in [0.5, 0.6) is 0 Å². The normalized spacial score (nSPS) is 66.4. The van der Waals surface area contributed by atoms with Gasteiger partial charge < -0.3 is 9.69 Å². The van der Waals surface area contributed by atoms with Crippen molar-refractivity contribution in [3.63, 3.8) is 0 Å². The van der Waals surface area contributed by atoms with Crippen LogP contribution in [0.2, 0.25) is 0 Å². The van der Waals surface area contributed by atoms with E-state index in [1.54, 1.807) is 0 Å². The predicted molar refractivity (Wildman–Crippen MR) is 31.9 cm³/mol. The Balaban J connectivity index is 2.10. The van der Waals surface area contributed by atoms with Crippen LogP contribution in [-0.4, -0.2) is 30.8 Å². The molecule has 4 rings (SSSR count). The molecule has 0 aromatic carbocycles. The summed E-state index contributed by atoms with van der Waals surface area (Å²) >= 11 is 0. The maximum absolute atomic E-state index is 10.6. The fourth-order valence-electron chi connectivity index (χ4n) is 2.82. The third-order valence-electron chi connectivity index (χ3n) is 3.38. The molecule has 0 aromatic rings. The molecule has 48 valence electrons. The first kappa shape index (κ1) is 4.45. The maximum Gasteiger partial charge on any atom is 0.128 e. The van der Waals surface area contributed by atoms with E-state index >= 15 is 0 Å². The van der Waals surface area contributed by atoms with E-state index in [1.807, 2.05) is 0 Å². The van der Waals surface area contributed by atoms with Crippen molar-refractivity contribution in [2.75, 3.05) is 19.6 Å². The van der Waals surface area contributed by atoms with Gasteiger partial charge in [-0.2, -0.15) is 0 Å². The summed E-state index contributed by atoms with van der Waals surface area (Å²) in [5, 5.41) is 0. The minimum atomic E-state index is 0.181. The second-order valence-electron chi connectivity index (χ2n) is 3.64. The molecule has 0 radical (unpaired) electrons. The number of carbonyl (C=O) groups is 1. The average Bonchev–Trinajstić information content (AvgIpc) is 2.44. The lowest BCUT2D eigenvalue weighted by atomic mass is 10.1. The summed E-state index contributed by atoms with van der Waals surface area (Å²) in [6, 6.07) is 0. The van der Waals surface area contributed by atoms with Gasteiger partial charge in [-0.3, -0.25) is 0 Å². The van der Waals surface area contributed by atoms with Gasteiger partial charge in [0.2, 0.25) is 0 Å². The zero-order valence-electron chi connectivity index (χ0n) is 5.21. The third kappa shape index (κ3) is 0.275. The number of aldehydes is 1. The van der Waals surface area contributed by atoms with Gasteiger partial charge in [0.25, 0.3) is 0 Å². The lowest BCUT2D eigenvalue weighted by molar-refractivity contribution is -0.112. The Morgan fingerprint density at radius 1 is 1.44 bits per heavy atom. The molecule has 9 heavy (non-hydrogen) atoms. The Kier molecular flexibility index (Phi) is 0.477. The maximum atomic E-state index is 10.6. The summed E-state index contributed by atoms with van der Waals surface area (Å²) in [4.78, 5) is 13.0. The van der Waals surface area contributed by atoms with E-state index in [0.717, 1.165) is 18.4 Å². The van der Waals surface area contributed by atoms with Gasteiger partial charge in [0.05, 0.1) is 0 Å². The van der Waals surface area contributed by atoms with Crippen LogP contribution in [0, 0.1) is 17.3 Å². The molecule has 4 fully saturated rings. The van der Waals surface area contributed by atoms with Crippen LogP contribution >= 0.6 is 0 Å². The van der Waals surface area contributed by atoms with Crippen molar-refractivity contribution in [1.82, 2.24) is 4.90 Å². The van der Waals surface area contributed by atoms with Gasteiger partial charge in [-0.15, -0.1) is 0 Å². The Hall–Kier alpha value is -0.370. The van der Waals surface area contributed by atoms with Gasteiger partial charge in [-0.25, -0.2) is 0 Å². The van der Waals surface area contributed by atoms with E-state index in [1.165, 1.54) is 19.4 Å². The second kappa shape index (κ2) is 0.966. The summed E-state index contributed by atoms with van der Waals surface area (Å²) in [6.07, 6.45) is 1.20. The van der Waals surface area contributed by atoms with E-state index in [0.29, 0.717) is 0 Å². The van der Waals surface area contributed by atoms with Crippen LogP contribution < -0.4 is 0 Å². The van der Waals surface area contributed by atoms with Crippen molar-refractivity contribution in [1.29, 1.82) is 0 Å². The van der Waals surface area contributed by atoms with E-state index in [-0.39, 0.29) is 5.41 Å². The highest BCUT2D eigenvalue weighted by Gasteiger charge is 2.74. The van der Waals surface area contributed by atoms with Crippen LogP contribution in [0.3, 0.4) is 0 Å². The van der Waals surface area contributed by atoms with Crippen LogP contribution in [0.1, 0.15) is 0 Å². The Morgan fingerprint density at radius 3 is 2.33 bits per heavy atom. The SMILES string of the molecule is O=CC12CN3CC1C2C3. The van der Waals surface area contributed by atoms with Crippen molar-refractivity contribution < 1.29 is 4.79 Å². The molecular formula is C7H9NO. The first-order valence-corrected chi connectivity index (χ1v) is 3.55. The van der Waals surface area contributed by atoms with Gasteiger partial charge in [-0.05, 0) is 11.8 Å². The van der Waals surface area contributed by atoms with E-state index < -0.39 is 0 Å². The molecule has 3 saturated heterocycles. The fourth-order valence-corrected chi connectivity index (χ4v) is 2.82. The molecule has 2 atom stereocenters. The zero-order valence-corrected chi connectivity index (χ0v) is 5.21. The Labute approximate surface area is 53.8 Å². The van der Waals surface area contributed by atoms with Crippen molar-refractivity contribution >= 4 is 6.29 Å². The van der Waals surface area contributed by atoms with Gasteiger partial charge in [0.1, 0.15) is 6.29 Å². The minimum Gasteiger partial charge on any atom is -0.303 e. The second-order valence-corrected chi connectivity index (χ2v) is 3.64. The molecule has 0 amide bonds. The summed E-state index contributed by atoms with van der Waals surface area (Å²) in [5.41, 5.74) is 0.181. The molecule has 0 N–H and O–H groups in total. The standard InChI is InChI=1S/C7H9NO/c9-4-7-3-8-1-5(7)6(7)2-8/h4-6H,1-3H2. The molecule has 2 heteroatoms. The average molecular weight is 123 g/mol. The largest absolute Gasteiger partial charge is 0.303 e. The Morgan fingerprint density at radius 2 is 2.11 bits per heavy atom. The summed E-state index contributed by atoms with van der Waals surface area (Å²) < 4.78 is 0. The summed E-state index contributed by atoms with van der Waals surface area (Å²) in [7, 11) is 0. The molecule has 3 aliphatic heterocycles. The van der Waals surface area contributed by atoms with Crippen LogP contribution in [0.25, 0.3) is 0 Å². The highest BCUT2D eigenvalue weighted by Crippen LogP contribution is 2.67. The number of hydrogen-bond acceptors (Lipinski definition) is 2. The monoisotopic (exact) mass is 123 g/mol. The highest BCUT2D eigenvalue weighted by atomic mass is 16.1. The molecule has 2 nitrogen and oxygen atoms in total. The zero-order chi connectivity index (χ0) is 6.06. The molecule has 4 aliphatic rings. The predicted octanol–water partition coefficient (Wildman–Crippen LogP) is -0.253. The smallest absolute Gasteiger partial charge is 0.128 e. The van der Waals surface area contributed by atoms with Crippen LogP contribution in [-0.2, 0) is 4.79 Å². The van der Waals surface area contributed by atoms with Gasteiger partial charge in [0, 0.05) is 25.0 Å². The number of rotatable bonds is 1. The highest BCUT2D eigenvalue weighted by molar-refractivity contribution is 5.69. The van der Waals surface area contributed by atoms with Crippen LogP contribution in [0.15, 0.2) is 0 Å². The number of carbonyl (C=O) groups excluding carboxylic acids is 1. The van der Waals surface area contributed by atoms with Gasteiger partial charge >= 0.3 is 0 Å². The molecule has 3 heterocycles. The Bertz CT molecular complexity index is 177. The molecular weight excluding hydrogens is 114 g/mol. The quantitative estimate of drug-likeness (QED) is 0.448. The molecule has 2 unspecified atom stereocenters. The topological polar surface area (TPSA) is 20.3 Å². The molecule has 1 saturated carbocycles. The van der Waals surface area contributed by atoms with Crippen molar-refractivity contribution in [3.8, 4) is 0 Å². The number of hydrogen-bond donors (Lipinski definition) is 0. The van der Waals surface area contributed by atoms with Crippen molar-refractivity contribution in [2.24, 2.45) is 17.3 Å². The molecule has 0 spiro atoms. The van der Waals surface area contributed by atoms with Crippen LogP contribution in [0.4, 0.5) is 0 Å². The molecule has 1 aliphatic carbocycles. The first-order chi connectivity index (χ1) is 4.37. The minimum absolute atomic E-state index is 0.181. The number of piperidine rings is 3. The van der Waals surface area contributed by atoms with Gasteiger partial charge in [0.15, 0.2) is 0 Å². The first-order valence-electron chi connectivity index (χ1n) is 3.55.